The molecular formula is C28H24ClN5O6. The van der Waals surface area contributed by atoms with Gasteiger partial charge in [0.1, 0.15) is 31.5 Å². The van der Waals surface area contributed by atoms with Gasteiger partial charge in [0.2, 0.25) is 18.2 Å². The molecule has 0 spiro atoms. The first-order valence-electron chi connectivity index (χ1n) is 12.3. The van der Waals surface area contributed by atoms with Crippen LogP contribution in [-0.2, 0) is 20.9 Å². The zero-order valence-corrected chi connectivity index (χ0v) is 22.2. The van der Waals surface area contributed by atoms with Crippen molar-refractivity contribution in [2.24, 2.45) is 0 Å². The highest BCUT2D eigenvalue weighted by Gasteiger charge is 2.37. The molecule has 1 aliphatic rings. The van der Waals surface area contributed by atoms with E-state index >= 15 is 0 Å². The molecule has 0 saturated heterocycles. The molecule has 0 fully saturated rings. The Balaban J connectivity index is 1.44. The van der Waals surface area contributed by atoms with Gasteiger partial charge in [-0.25, -0.2) is 0 Å². The lowest BCUT2D eigenvalue weighted by Gasteiger charge is -2.28. The van der Waals surface area contributed by atoms with Crippen LogP contribution in [0.25, 0.3) is 0 Å². The van der Waals surface area contributed by atoms with Gasteiger partial charge in [-0.1, -0.05) is 35.9 Å². The molecule has 11 nitrogen and oxygen atoms in total. The largest absolute Gasteiger partial charge is 0.490 e. The SMILES string of the molecule is CC(=O)OCCOc1ccc(C(=O)N2CC(=O)N(C(c3cccnc3)c3nnco3)Cc3ccccc32)c(Cl)c1. The van der Waals surface area contributed by atoms with E-state index < -0.39 is 17.9 Å². The van der Waals surface area contributed by atoms with E-state index in [1.165, 1.54) is 24.3 Å². The van der Waals surface area contributed by atoms with Crippen molar-refractivity contribution in [1.29, 1.82) is 0 Å². The number of carbonyl (C=O) groups excluding carboxylic acids is 3. The highest BCUT2D eigenvalue weighted by atomic mass is 35.5. The summed E-state index contributed by atoms with van der Waals surface area (Å²) in [5.41, 5.74) is 2.21. The first kappa shape index (κ1) is 26.8. The summed E-state index contributed by atoms with van der Waals surface area (Å²) < 4.78 is 15.9. The molecule has 1 aliphatic heterocycles. The summed E-state index contributed by atoms with van der Waals surface area (Å²) in [4.78, 5) is 45.8. The number of benzene rings is 2. The number of carbonyl (C=O) groups is 3. The van der Waals surface area contributed by atoms with Gasteiger partial charge < -0.3 is 18.8 Å². The summed E-state index contributed by atoms with van der Waals surface area (Å²) in [7, 11) is 0. The molecular weight excluding hydrogens is 538 g/mol. The van der Waals surface area contributed by atoms with Gasteiger partial charge in [0, 0.05) is 37.1 Å². The molecule has 2 aromatic carbocycles. The third kappa shape index (κ3) is 5.79. The number of esters is 1. The quantitative estimate of drug-likeness (QED) is 0.233. The predicted octanol–water partition coefficient (Wildman–Crippen LogP) is 3.84. The van der Waals surface area contributed by atoms with Crippen LogP contribution in [0, 0.1) is 0 Å². The summed E-state index contributed by atoms with van der Waals surface area (Å²) in [5.74, 6) is -0.553. The summed E-state index contributed by atoms with van der Waals surface area (Å²) >= 11 is 6.49. The first-order chi connectivity index (χ1) is 19.4. The highest BCUT2D eigenvalue weighted by molar-refractivity contribution is 6.34. The Hall–Kier alpha value is -4.77. The highest BCUT2D eigenvalue weighted by Crippen LogP contribution is 2.35. The maximum absolute atomic E-state index is 13.8. The van der Waals surface area contributed by atoms with Crippen LogP contribution in [0.5, 0.6) is 5.75 Å². The normalized spacial score (nSPS) is 13.8. The van der Waals surface area contributed by atoms with Gasteiger partial charge in [0.05, 0.1) is 10.6 Å². The zero-order valence-electron chi connectivity index (χ0n) is 21.4. The number of pyridine rings is 1. The molecule has 0 bridgehead atoms. The van der Waals surface area contributed by atoms with Crippen molar-refractivity contribution in [3.8, 4) is 5.75 Å². The van der Waals surface area contributed by atoms with Crippen LogP contribution >= 0.6 is 11.6 Å². The summed E-state index contributed by atoms with van der Waals surface area (Å²) in [6.45, 7) is 1.46. The van der Waals surface area contributed by atoms with Gasteiger partial charge in [0.15, 0.2) is 0 Å². The molecule has 40 heavy (non-hydrogen) atoms. The van der Waals surface area contributed by atoms with E-state index in [1.807, 2.05) is 18.2 Å². The van der Waals surface area contributed by atoms with Crippen LogP contribution in [0.15, 0.2) is 77.8 Å². The van der Waals surface area contributed by atoms with Crippen molar-refractivity contribution in [3.05, 3.63) is 101 Å². The molecule has 2 amide bonds. The second-order valence-corrected chi connectivity index (χ2v) is 9.24. The fraction of sp³-hybridized carbons (Fsp3) is 0.214. The predicted molar refractivity (Wildman–Crippen MR) is 143 cm³/mol. The Bertz CT molecular complexity index is 1510. The second kappa shape index (κ2) is 12.0. The maximum atomic E-state index is 13.8. The van der Waals surface area contributed by atoms with Crippen molar-refractivity contribution in [2.75, 3.05) is 24.7 Å². The van der Waals surface area contributed by atoms with Gasteiger partial charge in [-0.05, 0) is 35.9 Å². The average molecular weight is 562 g/mol. The lowest BCUT2D eigenvalue weighted by Crippen LogP contribution is -2.42. The van der Waals surface area contributed by atoms with E-state index in [9.17, 15) is 14.4 Å². The third-order valence-electron chi connectivity index (χ3n) is 6.23. The van der Waals surface area contributed by atoms with Crippen LogP contribution < -0.4 is 9.64 Å². The van der Waals surface area contributed by atoms with Crippen molar-refractivity contribution < 1.29 is 28.3 Å². The minimum Gasteiger partial charge on any atom is -0.490 e. The maximum Gasteiger partial charge on any atom is 0.302 e. The lowest BCUT2D eigenvalue weighted by molar-refractivity contribution is -0.141. The molecule has 0 radical (unpaired) electrons. The fourth-order valence-corrected chi connectivity index (χ4v) is 4.70. The number of fused-ring (bicyclic) bond motifs is 1. The van der Waals surface area contributed by atoms with Crippen LogP contribution in [0.2, 0.25) is 5.02 Å². The number of aromatic nitrogens is 3. The summed E-state index contributed by atoms with van der Waals surface area (Å²) in [5, 5.41) is 8.03. The van der Waals surface area contributed by atoms with Crippen molar-refractivity contribution >= 4 is 35.1 Å². The van der Waals surface area contributed by atoms with E-state index in [-0.39, 0.29) is 48.7 Å². The van der Waals surface area contributed by atoms with Gasteiger partial charge >= 0.3 is 5.97 Å². The number of anilines is 1. The van der Waals surface area contributed by atoms with Crippen molar-refractivity contribution in [2.45, 2.75) is 19.5 Å². The Morgan fingerprint density at radius 3 is 2.67 bits per heavy atom. The molecule has 0 aliphatic carbocycles. The van der Waals surface area contributed by atoms with Gasteiger partial charge in [0.25, 0.3) is 5.91 Å². The Morgan fingerprint density at radius 1 is 1.10 bits per heavy atom. The summed E-state index contributed by atoms with van der Waals surface area (Å²) in [6.07, 6.45) is 4.47. The van der Waals surface area contributed by atoms with Crippen LogP contribution in [0.3, 0.4) is 0 Å². The van der Waals surface area contributed by atoms with E-state index in [0.717, 1.165) is 5.56 Å². The topological polar surface area (TPSA) is 128 Å². The first-order valence-corrected chi connectivity index (χ1v) is 12.7. The second-order valence-electron chi connectivity index (χ2n) is 8.84. The van der Waals surface area contributed by atoms with Crippen molar-refractivity contribution in [3.63, 3.8) is 0 Å². The Labute approximate surface area is 234 Å². The van der Waals surface area contributed by atoms with Gasteiger partial charge in [-0.15, -0.1) is 10.2 Å². The van der Waals surface area contributed by atoms with Crippen LogP contribution in [0.1, 0.15) is 40.3 Å². The Kier molecular flexibility index (Phi) is 8.02. The number of rotatable bonds is 8. The van der Waals surface area contributed by atoms with E-state index in [1.54, 1.807) is 47.6 Å². The lowest BCUT2D eigenvalue weighted by atomic mass is 10.1. The molecule has 12 heteroatoms. The standard InChI is InChI=1S/C28H24ClN5O6/c1-18(35)38-11-12-39-21-8-9-22(23(29)13-21)28(37)33-16-25(36)34(15-20-5-2-3-7-24(20)33)26(27-32-31-17-40-27)19-6-4-10-30-14-19/h2-10,13-14,17,26H,11-12,15-16H2,1H3. The van der Waals surface area contributed by atoms with Gasteiger partial charge in [-0.3, -0.25) is 24.3 Å². The van der Waals surface area contributed by atoms with E-state index in [0.29, 0.717) is 17.0 Å². The third-order valence-corrected chi connectivity index (χ3v) is 6.55. The molecule has 0 N–H and O–H groups in total. The number of hydrogen-bond acceptors (Lipinski definition) is 9. The molecule has 4 aromatic rings. The number of nitrogens with zero attached hydrogens (tertiary/aromatic N) is 5. The molecule has 1 atom stereocenters. The fourth-order valence-electron chi connectivity index (χ4n) is 4.45. The van der Waals surface area contributed by atoms with E-state index in [4.69, 9.17) is 25.5 Å². The van der Waals surface area contributed by atoms with Crippen LogP contribution in [0.4, 0.5) is 5.69 Å². The Morgan fingerprint density at radius 2 is 1.95 bits per heavy atom. The molecule has 204 valence electrons. The van der Waals surface area contributed by atoms with Gasteiger partial charge in [-0.2, -0.15) is 0 Å². The minimum absolute atomic E-state index is 0.0838. The number of hydrogen-bond donors (Lipinski definition) is 0. The zero-order chi connectivity index (χ0) is 28.1. The molecule has 0 saturated carbocycles. The number of amides is 2. The molecule has 3 heterocycles. The smallest absolute Gasteiger partial charge is 0.302 e. The van der Waals surface area contributed by atoms with Crippen molar-refractivity contribution in [1.82, 2.24) is 20.1 Å². The molecule has 1 unspecified atom stereocenters. The number of ether oxygens (including phenoxy) is 2. The number of halogens is 1. The van der Waals surface area contributed by atoms with E-state index in [2.05, 4.69) is 15.2 Å². The van der Waals surface area contributed by atoms with Crippen LogP contribution in [-0.4, -0.2) is 57.6 Å². The molecule has 5 rings (SSSR count). The summed E-state index contributed by atoms with van der Waals surface area (Å²) in [6, 6.07) is 14.8. The minimum atomic E-state index is -0.709. The number of para-hydroxylation sites is 1. The monoisotopic (exact) mass is 561 g/mol. The average Bonchev–Trinajstić information content (AvgIpc) is 3.44. The molecule has 2 aromatic heterocycles.